The molecule has 1 atom stereocenters. The lowest BCUT2D eigenvalue weighted by atomic mass is 9.72. The van der Waals surface area contributed by atoms with Crippen LogP contribution in [0.3, 0.4) is 0 Å². The van der Waals surface area contributed by atoms with E-state index in [9.17, 15) is 4.79 Å². The quantitative estimate of drug-likeness (QED) is 0.677. The molecule has 0 aromatic heterocycles. The molecule has 0 aromatic rings. The molecule has 0 heterocycles. The summed E-state index contributed by atoms with van der Waals surface area (Å²) >= 11 is 0. The SMILES string of the molecule is CC(C)(C)C1CCC=C(C(=O)O)C1. The van der Waals surface area contributed by atoms with Crippen LogP contribution in [0.15, 0.2) is 11.6 Å². The smallest absolute Gasteiger partial charge is 0.331 e. The maximum Gasteiger partial charge on any atom is 0.331 e. The molecule has 1 aliphatic rings. The van der Waals surface area contributed by atoms with E-state index in [0.29, 0.717) is 11.5 Å². The molecule has 1 N–H and O–H groups in total. The van der Waals surface area contributed by atoms with E-state index in [4.69, 9.17) is 5.11 Å². The van der Waals surface area contributed by atoms with Crippen molar-refractivity contribution in [2.75, 3.05) is 0 Å². The van der Waals surface area contributed by atoms with Crippen LogP contribution in [0.4, 0.5) is 0 Å². The van der Waals surface area contributed by atoms with Gasteiger partial charge in [-0.25, -0.2) is 4.79 Å². The van der Waals surface area contributed by atoms with Crippen molar-refractivity contribution in [2.45, 2.75) is 40.0 Å². The van der Waals surface area contributed by atoms with Crippen molar-refractivity contribution in [3.05, 3.63) is 11.6 Å². The van der Waals surface area contributed by atoms with Crippen LogP contribution in [-0.4, -0.2) is 11.1 Å². The molecule has 1 rings (SSSR count). The van der Waals surface area contributed by atoms with Crippen molar-refractivity contribution >= 4 is 5.97 Å². The highest BCUT2D eigenvalue weighted by molar-refractivity contribution is 5.86. The van der Waals surface area contributed by atoms with E-state index in [1.54, 1.807) is 0 Å². The van der Waals surface area contributed by atoms with Gasteiger partial charge in [-0.05, 0) is 30.6 Å². The minimum absolute atomic E-state index is 0.231. The summed E-state index contributed by atoms with van der Waals surface area (Å²) < 4.78 is 0. The third kappa shape index (κ3) is 2.58. The number of carboxylic acid groups (broad SMARTS) is 1. The summed E-state index contributed by atoms with van der Waals surface area (Å²) in [5.41, 5.74) is 0.834. The summed E-state index contributed by atoms with van der Waals surface area (Å²) in [6.07, 6.45) is 4.65. The monoisotopic (exact) mass is 182 g/mol. The Kier molecular flexibility index (Phi) is 2.79. The Labute approximate surface area is 79.6 Å². The van der Waals surface area contributed by atoms with Gasteiger partial charge in [0.25, 0.3) is 0 Å². The van der Waals surface area contributed by atoms with Crippen LogP contribution >= 0.6 is 0 Å². The van der Waals surface area contributed by atoms with Crippen LogP contribution in [-0.2, 0) is 4.79 Å². The van der Waals surface area contributed by atoms with Gasteiger partial charge in [0.05, 0.1) is 0 Å². The highest BCUT2D eigenvalue weighted by atomic mass is 16.4. The average molecular weight is 182 g/mol. The van der Waals surface area contributed by atoms with Gasteiger partial charge in [-0.3, -0.25) is 0 Å². The van der Waals surface area contributed by atoms with Crippen molar-refractivity contribution < 1.29 is 9.90 Å². The molecular formula is C11H18O2. The zero-order valence-electron chi connectivity index (χ0n) is 8.63. The molecule has 2 nitrogen and oxygen atoms in total. The van der Waals surface area contributed by atoms with E-state index >= 15 is 0 Å². The molecule has 1 aliphatic carbocycles. The number of hydrogen-bond donors (Lipinski definition) is 1. The van der Waals surface area contributed by atoms with E-state index in [2.05, 4.69) is 20.8 Å². The number of rotatable bonds is 1. The molecule has 0 aliphatic heterocycles. The predicted octanol–water partition coefficient (Wildman–Crippen LogP) is 2.84. The van der Waals surface area contributed by atoms with Gasteiger partial charge < -0.3 is 5.11 Å². The van der Waals surface area contributed by atoms with Crippen LogP contribution < -0.4 is 0 Å². The molecule has 0 amide bonds. The van der Waals surface area contributed by atoms with Gasteiger partial charge in [-0.15, -0.1) is 0 Å². The second-order valence-electron chi connectivity index (χ2n) is 4.88. The first-order chi connectivity index (χ1) is 5.91. The minimum atomic E-state index is -0.742. The molecule has 74 valence electrons. The molecule has 2 heteroatoms. The van der Waals surface area contributed by atoms with E-state index in [0.717, 1.165) is 19.3 Å². The average Bonchev–Trinajstić information content (AvgIpc) is 2.03. The number of allylic oxidation sites excluding steroid dienone is 1. The number of carbonyl (C=O) groups is 1. The summed E-state index contributed by atoms with van der Waals surface area (Å²) in [6.45, 7) is 6.55. The van der Waals surface area contributed by atoms with Gasteiger partial charge in [-0.2, -0.15) is 0 Å². The topological polar surface area (TPSA) is 37.3 Å². The summed E-state index contributed by atoms with van der Waals surface area (Å²) in [6, 6.07) is 0. The normalized spacial score (nSPS) is 23.9. The number of carboxylic acids is 1. The maximum absolute atomic E-state index is 10.8. The van der Waals surface area contributed by atoms with Crippen molar-refractivity contribution in [1.29, 1.82) is 0 Å². The fourth-order valence-electron chi connectivity index (χ4n) is 1.82. The summed E-state index contributed by atoms with van der Waals surface area (Å²) in [5, 5.41) is 8.85. The highest BCUT2D eigenvalue weighted by Crippen LogP contribution is 2.37. The van der Waals surface area contributed by atoms with Crippen molar-refractivity contribution in [1.82, 2.24) is 0 Å². The fraction of sp³-hybridized carbons (Fsp3) is 0.727. The summed E-state index contributed by atoms with van der Waals surface area (Å²) in [4.78, 5) is 10.8. The summed E-state index contributed by atoms with van der Waals surface area (Å²) in [5.74, 6) is -0.224. The van der Waals surface area contributed by atoms with E-state index in [-0.39, 0.29) is 5.41 Å². The minimum Gasteiger partial charge on any atom is -0.478 e. The third-order valence-corrected chi connectivity index (χ3v) is 2.87. The first-order valence-electron chi connectivity index (χ1n) is 4.83. The molecule has 0 spiro atoms. The Balaban J connectivity index is 2.68. The number of hydrogen-bond acceptors (Lipinski definition) is 1. The zero-order valence-corrected chi connectivity index (χ0v) is 8.63. The Hall–Kier alpha value is -0.790. The molecule has 0 saturated carbocycles. The van der Waals surface area contributed by atoms with Gasteiger partial charge in [0.15, 0.2) is 0 Å². The van der Waals surface area contributed by atoms with Gasteiger partial charge >= 0.3 is 5.97 Å². The molecule has 1 unspecified atom stereocenters. The van der Waals surface area contributed by atoms with Crippen LogP contribution in [0.25, 0.3) is 0 Å². The Bertz CT molecular complexity index is 233. The molecule has 13 heavy (non-hydrogen) atoms. The first kappa shape index (κ1) is 10.3. The molecule has 0 bridgehead atoms. The largest absolute Gasteiger partial charge is 0.478 e. The lowest BCUT2D eigenvalue weighted by Crippen LogP contribution is -2.24. The second-order valence-corrected chi connectivity index (χ2v) is 4.88. The predicted molar refractivity (Wildman–Crippen MR) is 52.5 cm³/mol. The van der Waals surface area contributed by atoms with Gasteiger partial charge in [0, 0.05) is 5.57 Å². The Morgan fingerprint density at radius 1 is 1.54 bits per heavy atom. The standard InChI is InChI=1S/C11H18O2/c1-11(2,3)9-6-4-5-8(7-9)10(12)13/h5,9H,4,6-7H2,1-3H3,(H,12,13). The fourth-order valence-corrected chi connectivity index (χ4v) is 1.82. The number of aliphatic carboxylic acids is 1. The van der Waals surface area contributed by atoms with Crippen molar-refractivity contribution in [2.24, 2.45) is 11.3 Å². The molecule has 0 saturated heterocycles. The third-order valence-electron chi connectivity index (χ3n) is 2.87. The van der Waals surface area contributed by atoms with Crippen molar-refractivity contribution in [3.63, 3.8) is 0 Å². The van der Waals surface area contributed by atoms with Crippen LogP contribution in [0, 0.1) is 11.3 Å². The van der Waals surface area contributed by atoms with E-state index < -0.39 is 5.97 Å². The zero-order chi connectivity index (χ0) is 10.1. The van der Waals surface area contributed by atoms with Gasteiger partial charge in [0.1, 0.15) is 0 Å². The van der Waals surface area contributed by atoms with Gasteiger partial charge in [0.2, 0.25) is 0 Å². The molecular weight excluding hydrogens is 164 g/mol. The lowest BCUT2D eigenvalue weighted by Gasteiger charge is -2.33. The first-order valence-corrected chi connectivity index (χ1v) is 4.83. The van der Waals surface area contributed by atoms with Crippen LogP contribution in [0.5, 0.6) is 0 Å². The van der Waals surface area contributed by atoms with Crippen LogP contribution in [0.1, 0.15) is 40.0 Å². The van der Waals surface area contributed by atoms with Crippen molar-refractivity contribution in [3.8, 4) is 0 Å². The Morgan fingerprint density at radius 3 is 2.62 bits per heavy atom. The Morgan fingerprint density at radius 2 is 2.15 bits per heavy atom. The van der Waals surface area contributed by atoms with Crippen LogP contribution in [0.2, 0.25) is 0 Å². The molecule has 0 radical (unpaired) electrons. The molecule has 0 fully saturated rings. The highest BCUT2D eigenvalue weighted by Gasteiger charge is 2.28. The maximum atomic E-state index is 10.8. The lowest BCUT2D eigenvalue weighted by molar-refractivity contribution is -0.133. The second kappa shape index (κ2) is 3.52. The summed E-state index contributed by atoms with van der Waals surface area (Å²) in [7, 11) is 0. The van der Waals surface area contributed by atoms with E-state index in [1.807, 2.05) is 6.08 Å². The van der Waals surface area contributed by atoms with E-state index in [1.165, 1.54) is 0 Å². The molecule has 0 aromatic carbocycles. The van der Waals surface area contributed by atoms with Gasteiger partial charge in [-0.1, -0.05) is 26.8 Å².